The fourth-order valence-electron chi connectivity index (χ4n) is 4.14. The van der Waals surface area contributed by atoms with Gasteiger partial charge in [-0.15, -0.1) is 10.2 Å². The maximum absolute atomic E-state index is 13.6. The third kappa shape index (κ3) is 8.10. The average molecular weight is 714 g/mol. The predicted octanol–water partition coefficient (Wildman–Crippen LogP) is 4.65. The normalized spacial score (nSPS) is 12.0. The van der Waals surface area contributed by atoms with Crippen molar-refractivity contribution in [3.05, 3.63) is 86.6 Å². The number of nitrogens with one attached hydrogen (secondary N) is 2. The highest BCUT2D eigenvalue weighted by Gasteiger charge is 2.23. The van der Waals surface area contributed by atoms with Crippen LogP contribution in [0.25, 0.3) is 0 Å². The Hall–Kier alpha value is -4.89. The molecule has 0 saturated carbocycles. The first-order valence-electron chi connectivity index (χ1n) is 12.9. The number of carbonyl (C=O) groups excluding carboxylic acids is 1. The second-order valence-corrected chi connectivity index (χ2v) is 12.7. The van der Waals surface area contributed by atoms with Crippen molar-refractivity contribution in [2.75, 3.05) is 10.6 Å². The number of hydrogen-bond acceptors (Lipinski definition) is 12. The number of benzene rings is 2. The lowest BCUT2D eigenvalue weighted by Crippen LogP contribution is -2.22. The topological polar surface area (TPSA) is 243 Å². The molecular formula is C26H22ClF2N7O9S2. The first-order chi connectivity index (χ1) is 21.9. The van der Waals surface area contributed by atoms with Crippen LogP contribution in [-0.4, -0.2) is 51.5 Å². The number of pyridine rings is 1. The highest BCUT2D eigenvalue weighted by molar-refractivity contribution is 7.86. The molecule has 0 aliphatic carbocycles. The third-order valence-corrected chi connectivity index (χ3v) is 8.26. The van der Waals surface area contributed by atoms with Crippen LogP contribution in [0.4, 0.5) is 37.3 Å². The second kappa shape index (κ2) is 13.5. The number of rotatable bonds is 10. The molecule has 0 saturated heterocycles. The van der Waals surface area contributed by atoms with E-state index < -0.39 is 76.7 Å². The molecule has 0 radical (unpaired) electrons. The molecule has 0 aliphatic rings. The van der Waals surface area contributed by atoms with Crippen molar-refractivity contribution < 1.29 is 44.6 Å². The molecule has 4 aromatic rings. The van der Waals surface area contributed by atoms with Gasteiger partial charge in [-0.2, -0.15) is 35.6 Å². The summed E-state index contributed by atoms with van der Waals surface area (Å²) in [6, 6.07) is 8.40. The summed E-state index contributed by atoms with van der Waals surface area (Å²) in [7, 11) is -9.59. The van der Waals surface area contributed by atoms with Crippen LogP contribution >= 0.6 is 11.6 Å². The molecule has 1 amide bonds. The Morgan fingerprint density at radius 2 is 1.66 bits per heavy atom. The maximum Gasteiger partial charge on any atom is 0.313 e. The SMILES string of the molecule is CCn1c(O)c(CS(=O)(=O)O)c(C)c(N=Nc2cc(NC(=O)c3ccc(Nc4nc(F)nc(F)c4Cl)cc3)ccc2S(=O)(=O)O)c1=O. The minimum Gasteiger partial charge on any atom is -0.494 e. The van der Waals surface area contributed by atoms with Crippen molar-refractivity contribution >= 4 is 66.3 Å². The van der Waals surface area contributed by atoms with Crippen molar-refractivity contribution in [1.29, 1.82) is 0 Å². The molecule has 21 heteroatoms. The Kier molecular flexibility index (Phi) is 10.0. The van der Waals surface area contributed by atoms with E-state index in [0.717, 1.165) is 22.8 Å². The van der Waals surface area contributed by atoms with Crippen molar-refractivity contribution in [3.8, 4) is 5.88 Å². The molecule has 0 atom stereocenters. The second-order valence-electron chi connectivity index (χ2n) is 9.51. The van der Waals surface area contributed by atoms with E-state index in [1.54, 1.807) is 0 Å². The van der Waals surface area contributed by atoms with Gasteiger partial charge in [-0.3, -0.25) is 23.3 Å². The summed E-state index contributed by atoms with van der Waals surface area (Å²) in [5.41, 5.74) is -2.27. The third-order valence-electron chi connectivity index (χ3n) is 6.37. The molecule has 16 nitrogen and oxygen atoms in total. The minimum atomic E-state index is -4.92. The standard InChI is InChI=1S/C26H22ClF2N7O9S2/c1-3-36-24(38)16(11-46(40,41)42)12(2)20(25(36)39)35-34-17-10-15(8-9-18(17)47(43,44)45)31-23(37)13-4-6-14(7-5-13)30-22-19(27)21(28)32-26(29)33-22/h4-10,38H,3,11H2,1-2H3,(H,31,37)(H,30,32,33)(H,40,41,42)(H,43,44,45). The Morgan fingerprint density at radius 1 is 1.02 bits per heavy atom. The molecule has 47 heavy (non-hydrogen) atoms. The van der Waals surface area contributed by atoms with Gasteiger partial charge >= 0.3 is 6.08 Å². The van der Waals surface area contributed by atoms with Crippen molar-refractivity contribution in [2.45, 2.75) is 31.0 Å². The van der Waals surface area contributed by atoms with Gasteiger partial charge in [0.05, 0.1) is 0 Å². The fourth-order valence-corrected chi connectivity index (χ4v) is 5.59. The zero-order chi connectivity index (χ0) is 34.8. The highest BCUT2D eigenvalue weighted by atomic mass is 35.5. The molecule has 0 fully saturated rings. The van der Waals surface area contributed by atoms with E-state index in [1.807, 2.05) is 0 Å². The molecule has 0 unspecified atom stereocenters. The van der Waals surface area contributed by atoms with Gasteiger partial charge in [0.15, 0.2) is 17.4 Å². The molecule has 2 aromatic heterocycles. The monoisotopic (exact) mass is 713 g/mol. The number of carbonyl (C=O) groups is 1. The Bertz CT molecular complexity index is 2220. The Morgan fingerprint density at radius 3 is 2.26 bits per heavy atom. The van der Waals surface area contributed by atoms with Gasteiger partial charge in [0.2, 0.25) is 5.95 Å². The summed E-state index contributed by atoms with van der Waals surface area (Å²) in [6.07, 6.45) is -1.36. The molecule has 2 heterocycles. The highest BCUT2D eigenvalue weighted by Crippen LogP contribution is 2.33. The summed E-state index contributed by atoms with van der Waals surface area (Å²) >= 11 is 5.74. The summed E-state index contributed by atoms with van der Waals surface area (Å²) in [5, 5.41) is 22.5. The molecule has 0 spiro atoms. The van der Waals surface area contributed by atoms with Crippen LogP contribution in [0.15, 0.2) is 62.4 Å². The zero-order valence-electron chi connectivity index (χ0n) is 23.9. The number of halogens is 3. The van der Waals surface area contributed by atoms with Gasteiger partial charge in [0.1, 0.15) is 21.4 Å². The van der Waals surface area contributed by atoms with Crippen LogP contribution in [0.5, 0.6) is 5.88 Å². The van der Waals surface area contributed by atoms with Crippen LogP contribution in [-0.2, 0) is 32.5 Å². The number of aromatic hydroxyl groups is 1. The minimum absolute atomic E-state index is 0.0438. The van der Waals surface area contributed by atoms with Gasteiger partial charge in [0.25, 0.3) is 31.7 Å². The van der Waals surface area contributed by atoms with E-state index in [0.29, 0.717) is 0 Å². The first-order valence-corrected chi connectivity index (χ1v) is 16.3. The maximum atomic E-state index is 13.6. The van der Waals surface area contributed by atoms with Gasteiger partial charge in [-0.25, -0.2) is 0 Å². The smallest absolute Gasteiger partial charge is 0.313 e. The quantitative estimate of drug-likeness (QED) is 0.0653. The zero-order valence-corrected chi connectivity index (χ0v) is 26.3. The number of anilines is 3. The summed E-state index contributed by atoms with van der Waals surface area (Å²) in [5.74, 6) is -4.17. The van der Waals surface area contributed by atoms with Crippen molar-refractivity contribution in [1.82, 2.24) is 14.5 Å². The van der Waals surface area contributed by atoms with Gasteiger partial charge in [0, 0.05) is 29.0 Å². The molecule has 2 aromatic carbocycles. The van der Waals surface area contributed by atoms with Crippen LogP contribution in [0.2, 0.25) is 5.02 Å². The Balaban J connectivity index is 1.66. The molecule has 5 N–H and O–H groups in total. The van der Waals surface area contributed by atoms with E-state index in [4.69, 9.17) is 11.6 Å². The van der Waals surface area contributed by atoms with Gasteiger partial charge in [-0.1, -0.05) is 11.6 Å². The van der Waals surface area contributed by atoms with Crippen LogP contribution < -0.4 is 16.2 Å². The van der Waals surface area contributed by atoms with E-state index in [2.05, 4.69) is 30.8 Å². The van der Waals surface area contributed by atoms with E-state index in [9.17, 15) is 49.4 Å². The number of aromatic nitrogens is 3. The molecule has 0 bridgehead atoms. The van der Waals surface area contributed by atoms with Crippen LogP contribution in [0.1, 0.15) is 28.4 Å². The summed E-state index contributed by atoms with van der Waals surface area (Å²) < 4.78 is 93.9. The first kappa shape index (κ1) is 35.0. The van der Waals surface area contributed by atoms with Gasteiger partial charge < -0.3 is 15.7 Å². The number of nitrogens with zero attached hydrogens (tertiary/aromatic N) is 5. The lowest BCUT2D eigenvalue weighted by molar-refractivity contribution is 0.102. The number of azo groups is 1. The predicted molar refractivity (Wildman–Crippen MR) is 163 cm³/mol. The van der Waals surface area contributed by atoms with Gasteiger partial charge in [-0.05, 0) is 61.9 Å². The van der Waals surface area contributed by atoms with Crippen molar-refractivity contribution in [2.24, 2.45) is 10.2 Å². The van der Waals surface area contributed by atoms with Crippen LogP contribution in [0.3, 0.4) is 0 Å². The lowest BCUT2D eigenvalue weighted by Gasteiger charge is -2.14. The lowest BCUT2D eigenvalue weighted by atomic mass is 10.1. The largest absolute Gasteiger partial charge is 0.494 e. The fraction of sp³-hybridized carbons (Fsp3) is 0.154. The van der Waals surface area contributed by atoms with E-state index in [-0.39, 0.29) is 40.4 Å². The Labute approximate surface area is 269 Å². The summed E-state index contributed by atoms with van der Waals surface area (Å²) in [6.45, 7) is 2.53. The van der Waals surface area contributed by atoms with E-state index >= 15 is 0 Å². The number of amides is 1. The molecule has 4 rings (SSSR count). The molecular weight excluding hydrogens is 692 g/mol. The number of hydrogen-bond donors (Lipinski definition) is 5. The van der Waals surface area contributed by atoms with Crippen molar-refractivity contribution in [3.63, 3.8) is 0 Å². The molecule has 0 aliphatic heterocycles. The summed E-state index contributed by atoms with van der Waals surface area (Å²) in [4.78, 5) is 31.3. The average Bonchev–Trinajstić information content (AvgIpc) is 2.97. The molecule has 248 valence electrons. The van der Waals surface area contributed by atoms with Crippen LogP contribution in [0, 0.1) is 18.9 Å². The van der Waals surface area contributed by atoms with E-state index in [1.165, 1.54) is 38.1 Å².